The van der Waals surface area contributed by atoms with E-state index < -0.39 is 5.97 Å². The summed E-state index contributed by atoms with van der Waals surface area (Å²) in [5.74, 6) is -0.693. The fraction of sp³-hybridized carbons (Fsp3) is 0.600. The van der Waals surface area contributed by atoms with Crippen LogP contribution >= 0.6 is 0 Å². The van der Waals surface area contributed by atoms with Gasteiger partial charge >= 0.3 is 11.6 Å². The average Bonchev–Trinajstić information content (AvgIpc) is 2.65. The zero-order valence-electron chi connectivity index (χ0n) is 8.23. The second-order valence-electron chi connectivity index (χ2n) is 4.01. The van der Waals surface area contributed by atoms with Crippen molar-refractivity contribution in [2.45, 2.75) is 31.6 Å². The molecule has 2 rings (SSSR count). The molecular formula is C10H13NO4. The highest BCUT2D eigenvalue weighted by Gasteiger charge is 2.27. The van der Waals surface area contributed by atoms with E-state index in [0.29, 0.717) is 12.8 Å². The number of hydrogen-bond donors (Lipinski definition) is 2. The van der Waals surface area contributed by atoms with E-state index in [4.69, 9.17) is 5.11 Å². The first-order chi connectivity index (χ1) is 7.16. The molecule has 0 unspecified atom stereocenters. The van der Waals surface area contributed by atoms with Crippen molar-refractivity contribution in [1.82, 2.24) is 5.16 Å². The Hall–Kier alpha value is -1.52. The highest BCUT2D eigenvalue weighted by Crippen LogP contribution is 2.34. The van der Waals surface area contributed by atoms with Crippen molar-refractivity contribution in [2.24, 2.45) is 5.92 Å². The maximum absolute atomic E-state index is 10.8. The number of carbonyl (C=O) groups is 1. The van der Waals surface area contributed by atoms with Gasteiger partial charge in [-0.3, -0.25) is 4.79 Å². The molecule has 0 spiro atoms. The third-order valence-electron chi connectivity index (χ3n) is 3.06. The minimum absolute atomic E-state index is 0.222. The number of aromatic amines is 1. The number of aromatic nitrogens is 1. The van der Waals surface area contributed by atoms with Crippen LogP contribution in [0.25, 0.3) is 0 Å². The Balaban J connectivity index is 1.99. The number of carboxylic acid groups (broad SMARTS) is 1. The predicted octanol–water partition coefficient (Wildman–Crippen LogP) is 1.33. The average molecular weight is 211 g/mol. The van der Waals surface area contributed by atoms with E-state index in [1.807, 2.05) is 0 Å². The fourth-order valence-electron chi connectivity index (χ4n) is 2.15. The number of aliphatic carboxylic acids is 1. The van der Waals surface area contributed by atoms with Crippen LogP contribution in [0.1, 0.15) is 37.3 Å². The van der Waals surface area contributed by atoms with Crippen molar-refractivity contribution < 1.29 is 14.4 Å². The Bertz CT molecular complexity index is 398. The lowest BCUT2D eigenvalue weighted by molar-refractivity contribution is -0.142. The standard InChI is InChI=1S/C10H13NO4/c12-9-5-8(11-15-9)6-1-3-7(4-2-6)10(13)14/h5-7,11H,1-4H2,(H,13,14). The summed E-state index contributed by atoms with van der Waals surface area (Å²) in [6.45, 7) is 0. The van der Waals surface area contributed by atoms with Crippen molar-refractivity contribution in [1.29, 1.82) is 0 Å². The van der Waals surface area contributed by atoms with Crippen molar-refractivity contribution in [3.8, 4) is 0 Å². The van der Waals surface area contributed by atoms with E-state index in [0.717, 1.165) is 18.5 Å². The number of carboxylic acids is 1. The molecule has 0 atom stereocenters. The molecule has 1 fully saturated rings. The Morgan fingerprint density at radius 1 is 1.40 bits per heavy atom. The van der Waals surface area contributed by atoms with Gasteiger partial charge in [-0.2, -0.15) is 0 Å². The Labute approximate surface area is 86.1 Å². The van der Waals surface area contributed by atoms with Gasteiger partial charge in [0.25, 0.3) is 0 Å². The molecule has 0 radical (unpaired) electrons. The summed E-state index contributed by atoms with van der Waals surface area (Å²) in [6, 6.07) is 1.45. The maximum Gasteiger partial charge on any atom is 0.357 e. The van der Waals surface area contributed by atoms with Crippen LogP contribution in [0, 0.1) is 5.92 Å². The lowest BCUT2D eigenvalue weighted by Crippen LogP contribution is -2.20. The van der Waals surface area contributed by atoms with Gasteiger partial charge < -0.3 is 9.63 Å². The maximum atomic E-state index is 10.8. The summed E-state index contributed by atoms with van der Waals surface area (Å²) >= 11 is 0. The van der Waals surface area contributed by atoms with Gasteiger partial charge in [0.05, 0.1) is 11.6 Å². The largest absolute Gasteiger partial charge is 0.481 e. The van der Waals surface area contributed by atoms with Gasteiger partial charge in [-0.25, -0.2) is 9.95 Å². The van der Waals surface area contributed by atoms with Gasteiger partial charge in [0.1, 0.15) is 0 Å². The summed E-state index contributed by atoms with van der Waals surface area (Å²) in [6.07, 6.45) is 2.94. The van der Waals surface area contributed by atoms with Crippen LogP contribution in [-0.2, 0) is 4.79 Å². The van der Waals surface area contributed by atoms with Crippen molar-refractivity contribution in [3.63, 3.8) is 0 Å². The molecule has 5 nitrogen and oxygen atoms in total. The van der Waals surface area contributed by atoms with Gasteiger partial charge in [0.2, 0.25) is 0 Å². The second-order valence-corrected chi connectivity index (χ2v) is 4.01. The lowest BCUT2D eigenvalue weighted by Gasteiger charge is -2.24. The molecule has 0 bridgehead atoms. The van der Waals surface area contributed by atoms with Crippen LogP contribution in [-0.4, -0.2) is 16.2 Å². The van der Waals surface area contributed by atoms with Gasteiger partial charge in [0.15, 0.2) is 0 Å². The van der Waals surface area contributed by atoms with Gasteiger partial charge in [-0.1, -0.05) is 0 Å². The molecule has 1 saturated carbocycles. The molecule has 1 aromatic heterocycles. The molecule has 2 N–H and O–H groups in total. The molecule has 0 aliphatic heterocycles. The van der Waals surface area contributed by atoms with Crippen molar-refractivity contribution in [3.05, 3.63) is 22.2 Å². The number of H-pyrrole nitrogens is 1. The summed E-state index contributed by atoms with van der Waals surface area (Å²) in [5, 5.41) is 11.4. The minimum atomic E-state index is -0.714. The molecule has 1 aliphatic carbocycles. The molecule has 0 aromatic carbocycles. The summed E-state index contributed by atoms with van der Waals surface area (Å²) < 4.78 is 4.60. The second kappa shape index (κ2) is 3.92. The number of rotatable bonds is 2. The van der Waals surface area contributed by atoms with Crippen LogP contribution < -0.4 is 5.63 Å². The SMILES string of the molecule is O=C(O)C1CCC(c2cc(=O)o[nH]2)CC1. The van der Waals surface area contributed by atoms with E-state index in [2.05, 4.69) is 9.68 Å². The van der Waals surface area contributed by atoms with Crippen LogP contribution in [0.2, 0.25) is 0 Å². The molecule has 15 heavy (non-hydrogen) atoms. The Morgan fingerprint density at radius 2 is 2.07 bits per heavy atom. The van der Waals surface area contributed by atoms with Gasteiger partial charge in [0, 0.05) is 12.0 Å². The number of nitrogens with one attached hydrogen (secondary N) is 1. The third-order valence-corrected chi connectivity index (χ3v) is 3.06. The molecular weight excluding hydrogens is 198 g/mol. The quantitative estimate of drug-likeness (QED) is 0.772. The highest BCUT2D eigenvalue weighted by molar-refractivity contribution is 5.70. The predicted molar refractivity (Wildman–Crippen MR) is 51.7 cm³/mol. The zero-order valence-corrected chi connectivity index (χ0v) is 8.23. The Morgan fingerprint density at radius 3 is 2.53 bits per heavy atom. The van der Waals surface area contributed by atoms with Crippen LogP contribution in [0.3, 0.4) is 0 Å². The van der Waals surface area contributed by atoms with E-state index in [1.54, 1.807) is 0 Å². The third kappa shape index (κ3) is 2.11. The van der Waals surface area contributed by atoms with Crippen LogP contribution in [0.5, 0.6) is 0 Å². The van der Waals surface area contributed by atoms with E-state index in [-0.39, 0.29) is 17.5 Å². The highest BCUT2D eigenvalue weighted by atomic mass is 16.5. The molecule has 5 heteroatoms. The molecule has 0 amide bonds. The number of hydrogen-bond acceptors (Lipinski definition) is 3. The van der Waals surface area contributed by atoms with Crippen LogP contribution in [0.4, 0.5) is 0 Å². The Kier molecular flexibility index (Phi) is 2.62. The first kappa shape index (κ1) is 10.0. The lowest BCUT2D eigenvalue weighted by atomic mass is 9.80. The van der Waals surface area contributed by atoms with Crippen molar-refractivity contribution >= 4 is 5.97 Å². The topological polar surface area (TPSA) is 83.3 Å². The molecule has 1 aromatic rings. The monoisotopic (exact) mass is 211 g/mol. The van der Waals surface area contributed by atoms with Crippen molar-refractivity contribution in [2.75, 3.05) is 0 Å². The van der Waals surface area contributed by atoms with E-state index >= 15 is 0 Å². The molecule has 0 saturated heterocycles. The van der Waals surface area contributed by atoms with E-state index in [9.17, 15) is 9.59 Å². The van der Waals surface area contributed by atoms with E-state index in [1.165, 1.54) is 6.07 Å². The fourth-order valence-corrected chi connectivity index (χ4v) is 2.15. The van der Waals surface area contributed by atoms with Gasteiger partial charge in [-0.15, -0.1) is 0 Å². The summed E-state index contributed by atoms with van der Waals surface area (Å²) in [5.41, 5.74) is 0.425. The summed E-state index contributed by atoms with van der Waals surface area (Å²) in [4.78, 5) is 21.5. The smallest absolute Gasteiger partial charge is 0.357 e. The first-order valence-electron chi connectivity index (χ1n) is 5.08. The summed E-state index contributed by atoms with van der Waals surface area (Å²) in [7, 11) is 0. The van der Waals surface area contributed by atoms with Crippen LogP contribution in [0.15, 0.2) is 15.4 Å². The van der Waals surface area contributed by atoms with Gasteiger partial charge in [-0.05, 0) is 25.7 Å². The first-order valence-corrected chi connectivity index (χ1v) is 5.08. The minimum Gasteiger partial charge on any atom is -0.481 e. The zero-order chi connectivity index (χ0) is 10.8. The molecule has 1 heterocycles. The molecule has 1 aliphatic rings. The molecule has 82 valence electrons. The normalized spacial score (nSPS) is 26.4.